The summed E-state index contributed by atoms with van der Waals surface area (Å²) in [5, 5.41) is 12.7. The van der Waals surface area contributed by atoms with Crippen molar-refractivity contribution in [3.05, 3.63) is 24.2 Å². The molecule has 1 aromatic rings. The number of hydrogen-bond donors (Lipinski definition) is 1. The second-order valence-electron chi connectivity index (χ2n) is 14.3. The normalized spacial score (nSPS) is 34.4. The van der Waals surface area contributed by atoms with Crippen molar-refractivity contribution in [2.45, 2.75) is 123 Å². The Kier molecular flexibility index (Phi) is 10.3. The fourth-order valence-electron chi connectivity index (χ4n) is 7.83. The standard InChI is InChI=1S/C34H46O15/c1-16(2)28(38)43-15-33-25(45-19(6)36)22(44-18(5)35)13-32(10,41)34(33)26(46-20(7)37)23(31(8,9)49-34)24(47-29(39)17(3)4)27(33)48-30(40)21-11-12-42-14-21/h11-12,14,16-17,22-27,41H,13,15H2,1-10H3/t22-,23+,24+,25-,26+,27-,32-,33-,34-/m0/s1. The van der Waals surface area contributed by atoms with Crippen molar-refractivity contribution in [2.75, 3.05) is 6.61 Å². The number of fused-ring (bicyclic) bond motifs is 1. The van der Waals surface area contributed by atoms with Crippen LogP contribution in [-0.2, 0) is 57.1 Å². The molecule has 1 aromatic heterocycles. The minimum atomic E-state index is -2.29. The van der Waals surface area contributed by atoms with Crippen LogP contribution < -0.4 is 0 Å². The molecule has 1 N–H and O–H groups in total. The Balaban J connectivity index is 2.20. The molecule has 49 heavy (non-hydrogen) atoms. The average molecular weight is 695 g/mol. The molecule has 1 spiro atoms. The van der Waals surface area contributed by atoms with Crippen molar-refractivity contribution in [3.63, 3.8) is 0 Å². The Labute approximate surface area is 284 Å². The van der Waals surface area contributed by atoms with E-state index in [4.69, 9.17) is 37.6 Å². The van der Waals surface area contributed by atoms with Gasteiger partial charge in [0.15, 0.2) is 17.8 Å². The summed E-state index contributed by atoms with van der Waals surface area (Å²) in [4.78, 5) is 79.0. The molecule has 0 aromatic carbocycles. The zero-order chi connectivity index (χ0) is 36.9. The van der Waals surface area contributed by atoms with Crippen molar-refractivity contribution in [2.24, 2.45) is 23.2 Å². The van der Waals surface area contributed by atoms with Crippen molar-refractivity contribution in [1.29, 1.82) is 0 Å². The summed E-state index contributed by atoms with van der Waals surface area (Å²) < 4.78 is 47.9. The zero-order valence-electron chi connectivity index (χ0n) is 29.4. The second-order valence-corrected chi connectivity index (χ2v) is 14.3. The molecule has 4 rings (SSSR count). The lowest BCUT2D eigenvalue weighted by Crippen LogP contribution is -2.85. The van der Waals surface area contributed by atoms with Gasteiger partial charge in [0, 0.05) is 27.2 Å². The number of hydrogen-bond acceptors (Lipinski definition) is 15. The molecular weight excluding hydrogens is 648 g/mol. The number of ether oxygens (including phenoxy) is 7. The number of rotatable bonds is 10. The fraction of sp³-hybridized carbons (Fsp3) is 0.706. The van der Waals surface area contributed by atoms with E-state index in [1.807, 2.05) is 0 Å². The topological polar surface area (TPSA) is 200 Å². The van der Waals surface area contributed by atoms with Crippen LogP contribution in [0.3, 0.4) is 0 Å². The lowest BCUT2D eigenvalue weighted by molar-refractivity contribution is -0.363. The van der Waals surface area contributed by atoms with Gasteiger partial charge in [0.1, 0.15) is 36.6 Å². The number of carbonyl (C=O) groups excluding carboxylic acids is 6. The Morgan fingerprint density at radius 3 is 1.90 bits per heavy atom. The molecule has 0 unspecified atom stereocenters. The first-order chi connectivity index (χ1) is 22.6. The molecule has 272 valence electrons. The smallest absolute Gasteiger partial charge is 0.341 e. The number of furan rings is 1. The van der Waals surface area contributed by atoms with Crippen molar-refractivity contribution < 1.29 is 71.4 Å². The first-order valence-electron chi connectivity index (χ1n) is 16.2. The van der Waals surface area contributed by atoms with Crippen molar-refractivity contribution >= 4 is 35.8 Å². The van der Waals surface area contributed by atoms with Crippen LogP contribution in [0.25, 0.3) is 0 Å². The highest BCUT2D eigenvalue weighted by molar-refractivity contribution is 5.89. The highest BCUT2D eigenvalue weighted by Crippen LogP contribution is 2.69. The van der Waals surface area contributed by atoms with Crippen LogP contribution in [-0.4, -0.2) is 94.9 Å². The molecular formula is C34H46O15. The number of esters is 6. The highest BCUT2D eigenvalue weighted by atomic mass is 16.7. The Morgan fingerprint density at radius 2 is 1.39 bits per heavy atom. The molecule has 3 aliphatic rings. The predicted octanol–water partition coefficient (Wildman–Crippen LogP) is 2.69. The van der Waals surface area contributed by atoms with E-state index in [0.717, 1.165) is 27.0 Å². The van der Waals surface area contributed by atoms with Gasteiger partial charge in [-0.1, -0.05) is 27.7 Å². The summed E-state index contributed by atoms with van der Waals surface area (Å²) in [6.07, 6.45) is -6.12. The van der Waals surface area contributed by atoms with Crippen LogP contribution in [0.5, 0.6) is 0 Å². The van der Waals surface area contributed by atoms with Gasteiger partial charge in [-0.15, -0.1) is 0 Å². The lowest BCUT2D eigenvalue weighted by atomic mass is 9.45. The Bertz CT molecular complexity index is 1460. The van der Waals surface area contributed by atoms with Crippen LogP contribution in [0, 0.1) is 23.2 Å². The quantitative estimate of drug-likeness (QED) is 0.277. The van der Waals surface area contributed by atoms with Crippen LogP contribution in [0.4, 0.5) is 0 Å². The van der Waals surface area contributed by atoms with Gasteiger partial charge in [0.2, 0.25) is 0 Å². The molecule has 2 heterocycles. The number of carbonyl (C=O) groups is 6. The lowest BCUT2D eigenvalue weighted by Gasteiger charge is -2.66. The minimum Gasteiger partial charge on any atom is -0.472 e. The third-order valence-electron chi connectivity index (χ3n) is 9.59. The fourth-order valence-corrected chi connectivity index (χ4v) is 7.83. The maximum Gasteiger partial charge on any atom is 0.341 e. The maximum absolute atomic E-state index is 13.9. The second kappa shape index (κ2) is 13.4. The van der Waals surface area contributed by atoms with Crippen LogP contribution >= 0.6 is 0 Å². The summed E-state index contributed by atoms with van der Waals surface area (Å²) in [7, 11) is 0. The Hall–Kier alpha value is -3.98. The molecule has 2 saturated carbocycles. The van der Waals surface area contributed by atoms with Gasteiger partial charge < -0.3 is 42.7 Å². The van der Waals surface area contributed by atoms with E-state index in [1.165, 1.54) is 19.3 Å². The van der Waals surface area contributed by atoms with Crippen LogP contribution in [0.15, 0.2) is 23.0 Å². The van der Waals surface area contributed by atoms with Crippen molar-refractivity contribution in [3.8, 4) is 0 Å². The van der Waals surface area contributed by atoms with E-state index in [-0.39, 0.29) is 5.56 Å². The largest absolute Gasteiger partial charge is 0.472 e. The molecule has 15 heteroatoms. The number of aliphatic hydroxyl groups is 1. The summed E-state index contributed by atoms with van der Waals surface area (Å²) in [6.45, 7) is 13.3. The minimum absolute atomic E-state index is 0.0601. The molecule has 2 aliphatic carbocycles. The van der Waals surface area contributed by atoms with Crippen LogP contribution in [0.2, 0.25) is 0 Å². The molecule has 0 amide bonds. The van der Waals surface area contributed by atoms with Gasteiger partial charge in [0.25, 0.3) is 0 Å². The monoisotopic (exact) mass is 694 g/mol. The molecule has 15 nitrogen and oxygen atoms in total. The molecule has 2 bridgehead atoms. The first-order valence-corrected chi connectivity index (χ1v) is 16.2. The van der Waals surface area contributed by atoms with E-state index in [1.54, 1.807) is 41.5 Å². The van der Waals surface area contributed by atoms with Gasteiger partial charge in [0.05, 0.1) is 40.8 Å². The Morgan fingerprint density at radius 1 is 0.816 bits per heavy atom. The third kappa shape index (κ3) is 6.42. The maximum atomic E-state index is 13.9. The SMILES string of the molecule is CC(=O)O[C@H]1C[C@](C)(O)[C@]23OC(C)(C)[C@H]([C@@H](OC(=O)C(C)C)[C@H](OC(=O)c4ccoc4)[C@]2(COC(=O)C(C)C)[C@H]1OC(C)=O)[C@H]3OC(C)=O. The molecule has 1 aliphatic heterocycles. The van der Waals surface area contributed by atoms with Gasteiger partial charge in [-0.3, -0.25) is 24.0 Å². The van der Waals surface area contributed by atoms with Gasteiger partial charge >= 0.3 is 35.8 Å². The summed E-state index contributed by atoms with van der Waals surface area (Å²) >= 11 is 0. The zero-order valence-corrected chi connectivity index (χ0v) is 29.4. The van der Waals surface area contributed by atoms with Crippen LogP contribution in [0.1, 0.15) is 86.0 Å². The first kappa shape index (κ1) is 37.8. The van der Waals surface area contributed by atoms with Gasteiger partial charge in [-0.2, -0.15) is 0 Å². The molecule has 0 radical (unpaired) electrons. The molecule has 9 atom stereocenters. The average Bonchev–Trinajstić information content (AvgIpc) is 3.56. The van der Waals surface area contributed by atoms with E-state index < -0.39 is 119 Å². The van der Waals surface area contributed by atoms with Crippen molar-refractivity contribution in [1.82, 2.24) is 0 Å². The van der Waals surface area contributed by atoms with E-state index in [9.17, 15) is 33.9 Å². The summed E-state index contributed by atoms with van der Waals surface area (Å²) in [5.74, 6) is -7.56. The molecule has 3 fully saturated rings. The van der Waals surface area contributed by atoms with E-state index in [0.29, 0.717) is 0 Å². The van der Waals surface area contributed by atoms with E-state index >= 15 is 0 Å². The third-order valence-corrected chi connectivity index (χ3v) is 9.59. The molecule has 1 saturated heterocycles. The highest BCUT2D eigenvalue weighted by Gasteiger charge is 2.89. The van der Waals surface area contributed by atoms with Gasteiger partial charge in [-0.25, -0.2) is 4.79 Å². The van der Waals surface area contributed by atoms with E-state index in [2.05, 4.69) is 0 Å². The van der Waals surface area contributed by atoms with Gasteiger partial charge in [-0.05, 0) is 26.8 Å². The summed E-state index contributed by atoms with van der Waals surface area (Å²) in [6, 6.07) is 1.32. The predicted molar refractivity (Wildman–Crippen MR) is 164 cm³/mol. The summed E-state index contributed by atoms with van der Waals surface area (Å²) in [5.41, 5.74) is -8.21.